The summed E-state index contributed by atoms with van der Waals surface area (Å²) in [6.45, 7) is 4.72. The lowest BCUT2D eigenvalue weighted by molar-refractivity contribution is -0.132. The number of carbonyl (C=O) groups excluding carboxylic acids is 1. The van der Waals surface area contributed by atoms with Gasteiger partial charge >= 0.3 is 0 Å². The molecule has 2 saturated carbocycles. The minimum Gasteiger partial charge on any atom is -0.342 e. The third-order valence-corrected chi connectivity index (χ3v) is 5.45. The molecule has 1 spiro atoms. The molecule has 2 N–H and O–H groups in total. The first kappa shape index (κ1) is 14.1. The van der Waals surface area contributed by atoms with Crippen LogP contribution in [0, 0.1) is 16.7 Å². The van der Waals surface area contributed by atoms with Crippen LogP contribution in [0.4, 0.5) is 0 Å². The summed E-state index contributed by atoms with van der Waals surface area (Å²) < 4.78 is 0. The second-order valence-electron chi connectivity index (χ2n) is 6.85. The van der Waals surface area contributed by atoms with Gasteiger partial charge in [0.25, 0.3) is 0 Å². The van der Waals surface area contributed by atoms with Crippen molar-refractivity contribution < 1.29 is 4.79 Å². The molecule has 1 amide bonds. The molecule has 18 heavy (non-hydrogen) atoms. The van der Waals surface area contributed by atoms with Crippen LogP contribution in [0.25, 0.3) is 0 Å². The summed E-state index contributed by atoms with van der Waals surface area (Å²) in [5, 5.41) is 0. The fraction of sp³-hybridized carbons (Fsp3) is 0.929. The Morgan fingerprint density at radius 1 is 1.33 bits per heavy atom. The highest BCUT2D eigenvalue weighted by Crippen LogP contribution is 2.63. The molecular weight excluding hydrogens is 248 g/mol. The van der Waals surface area contributed by atoms with Gasteiger partial charge in [0.05, 0.1) is 0 Å². The van der Waals surface area contributed by atoms with Crippen molar-refractivity contribution in [2.24, 2.45) is 22.5 Å². The zero-order chi connectivity index (χ0) is 12.1. The summed E-state index contributed by atoms with van der Waals surface area (Å²) in [5.74, 6) is 0.800. The number of hydrogen-bond donors (Lipinski definition) is 1. The van der Waals surface area contributed by atoms with Crippen molar-refractivity contribution in [3.8, 4) is 0 Å². The number of amides is 1. The molecule has 1 saturated heterocycles. The maximum absolute atomic E-state index is 12.5. The largest absolute Gasteiger partial charge is 0.342 e. The zero-order valence-electron chi connectivity index (χ0n) is 11.3. The van der Waals surface area contributed by atoms with Crippen molar-refractivity contribution in [1.82, 2.24) is 4.90 Å². The molecule has 0 aromatic rings. The molecule has 0 radical (unpaired) electrons. The summed E-state index contributed by atoms with van der Waals surface area (Å²) in [6.07, 6.45) is 7.52. The molecule has 104 valence electrons. The van der Waals surface area contributed by atoms with Gasteiger partial charge in [-0.25, -0.2) is 0 Å². The van der Waals surface area contributed by atoms with Crippen LogP contribution in [-0.4, -0.2) is 30.4 Å². The summed E-state index contributed by atoms with van der Waals surface area (Å²) in [4.78, 5) is 14.5. The number of rotatable bonds is 2. The highest BCUT2D eigenvalue weighted by molar-refractivity contribution is 5.85. The molecule has 2 atom stereocenters. The number of carbonyl (C=O) groups is 1. The molecule has 0 aromatic heterocycles. The van der Waals surface area contributed by atoms with E-state index in [1.54, 1.807) is 0 Å². The molecule has 1 aliphatic heterocycles. The molecule has 4 heteroatoms. The minimum atomic E-state index is 0. The van der Waals surface area contributed by atoms with Gasteiger partial charge in [-0.1, -0.05) is 19.8 Å². The Labute approximate surface area is 116 Å². The molecule has 0 aromatic carbocycles. The van der Waals surface area contributed by atoms with Crippen LogP contribution in [0.3, 0.4) is 0 Å². The standard InChI is InChI=1S/C14H24N2O.ClH/c1-13(9-15)6-7-16(10-13)12(17)11-8-14(11)4-2-3-5-14;/h11H,2-10,15H2,1H3;1H. The van der Waals surface area contributed by atoms with Crippen LogP contribution in [-0.2, 0) is 4.79 Å². The van der Waals surface area contributed by atoms with Crippen LogP contribution >= 0.6 is 12.4 Å². The van der Waals surface area contributed by atoms with Crippen molar-refractivity contribution >= 4 is 18.3 Å². The Hall–Kier alpha value is -0.280. The van der Waals surface area contributed by atoms with Crippen LogP contribution in [0.5, 0.6) is 0 Å². The van der Waals surface area contributed by atoms with Crippen molar-refractivity contribution in [3.63, 3.8) is 0 Å². The summed E-state index contributed by atoms with van der Waals surface area (Å²) in [7, 11) is 0. The molecule has 2 unspecified atom stereocenters. The topological polar surface area (TPSA) is 46.3 Å². The van der Waals surface area contributed by atoms with E-state index in [4.69, 9.17) is 5.73 Å². The van der Waals surface area contributed by atoms with E-state index in [9.17, 15) is 4.79 Å². The number of hydrogen-bond acceptors (Lipinski definition) is 2. The van der Waals surface area contributed by atoms with Gasteiger partial charge in [-0.15, -0.1) is 12.4 Å². The Morgan fingerprint density at radius 3 is 2.56 bits per heavy atom. The van der Waals surface area contributed by atoms with Gasteiger partial charge in [0, 0.05) is 19.0 Å². The highest BCUT2D eigenvalue weighted by atomic mass is 35.5. The third kappa shape index (κ3) is 2.16. The van der Waals surface area contributed by atoms with E-state index in [0.29, 0.717) is 23.8 Å². The Balaban J connectivity index is 0.00000120. The van der Waals surface area contributed by atoms with Crippen molar-refractivity contribution in [2.45, 2.75) is 45.4 Å². The molecule has 3 nitrogen and oxygen atoms in total. The lowest BCUT2D eigenvalue weighted by atomic mass is 9.90. The van der Waals surface area contributed by atoms with Gasteiger partial charge in [-0.2, -0.15) is 0 Å². The molecule has 0 bridgehead atoms. The minimum absolute atomic E-state index is 0. The van der Waals surface area contributed by atoms with E-state index in [0.717, 1.165) is 19.5 Å². The predicted octanol–water partition coefficient (Wildman–Crippen LogP) is 2.19. The molecule has 3 fully saturated rings. The monoisotopic (exact) mass is 272 g/mol. The van der Waals surface area contributed by atoms with E-state index in [1.807, 2.05) is 0 Å². The quantitative estimate of drug-likeness (QED) is 0.838. The second-order valence-corrected chi connectivity index (χ2v) is 6.85. The van der Waals surface area contributed by atoms with Gasteiger partial charge in [-0.05, 0) is 43.1 Å². The van der Waals surface area contributed by atoms with E-state index >= 15 is 0 Å². The average Bonchev–Trinajstić information content (AvgIpc) is 2.66. The fourth-order valence-corrected chi connectivity index (χ4v) is 3.93. The van der Waals surface area contributed by atoms with Crippen molar-refractivity contribution in [3.05, 3.63) is 0 Å². The number of nitrogens with two attached hydrogens (primary N) is 1. The first-order chi connectivity index (χ1) is 8.09. The van der Waals surface area contributed by atoms with Gasteiger partial charge in [0.2, 0.25) is 5.91 Å². The molecule has 3 aliphatic rings. The summed E-state index contributed by atoms with van der Waals surface area (Å²) >= 11 is 0. The lowest BCUT2D eigenvalue weighted by Crippen LogP contribution is -2.36. The number of likely N-dealkylation sites (tertiary alicyclic amines) is 1. The fourth-order valence-electron chi connectivity index (χ4n) is 3.93. The van der Waals surface area contributed by atoms with E-state index < -0.39 is 0 Å². The van der Waals surface area contributed by atoms with Crippen LogP contribution in [0.15, 0.2) is 0 Å². The first-order valence-electron chi connectivity index (χ1n) is 7.08. The summed E-state index contributed by atoms with van der Waals surface area (Å²) in [6, 6.07) is 0. The maximum atomic E-state index is 12.5. The van der Waals surface area contributed by atoms with Gasteiger partial charge in [-0.3, -0.25) is 4.79 Å². The van der Waals surface area contributed by atoms with Gasteiger partial charge in [0.1, 0.15) is 0 Å². The SMILES string of the molecule is CC1(CN)CCN(C(=O)C2CC23CCCC3)C1.Cl. The van der Waals surface area contributed by atoms with E-state index in [2.05, 4.69) is 11.8 Å². The van der Waals surface area contributed by atoms with Crippen LogP contribution < -0.4 is 5.73 Å². The number of nitrogens with zero attached hydrogens (tertiary/aromatic N) is 1. The summed E-state index contributed by atoms with van der Waals surface area (Å²) in [5.41, 5.74) is 6.42. The Kier molecular flexibility index (Phi) is 3.67. The van der Waals surface area contributed by atoms with E-state index in [1.165, 1.54) is 32.1 Å². The van der Waals surface area contributed by atoms with Crippen molar-refractivity contribution in [2.75, 3.05) is 19.6 Å². The molecule has 3 rings (SSSR count). The van der Waals surface area contributed by atoms with Crippen LogP contribution in [0.1, 0.15) is 45.4 Å². The van der Waals surface area contributed by atoms with Crippen molar-refractivity contribution in [1.29, 1.82) is 0 Å². The van der Waals surface area contributed by atoms with Gasteiger partial charge < -0.3 is 10.6 Å². The van der Waals surface area contributed by atoms with Gasteiger partial charge in [0.15, 0.2) is 0 Å². The molecule has 2 aliphatic carbocycles. The van der Waals surface area contributed by atoms with E-state index in [-0.39, 0.29) is 17.8 Å². The number of halogens is 1. The average molecular weight is 273 g/mol. The Bertz CT molecular complexity index is 341. The highest BCUT2D eigenvalue weighted by Gasteiger charge is 2.60. The first-order valence-corrected chi connectivity index (χ1v) is 7.08. The van der Waals surface area contributed by atoms with Crippen LogP contribution in [0.2, 0.25) is 0 Å². The predicted molar refractivity (Wildman–Crippen MR) is 74.6 cm³/mol. The molecular formula is C14H25ClN2O. The smallest absolute Gasteiger partial charge is 0.226 e. The Morgan fingerprint density at radius 2 is 2.00 bits per heavy atom. The maximum Gasteiger partial charge on any atom is 0.226 e. The second kappa shape index (κ2) is 4.68. The third-order valence-electron chi connectivity index (χ3n) is 5.45. The molecule has 1 heterocycles. The zero-order valence-corrected chi connectivity index (χ0v) is 12.1. The lowest BCUT2D eigenvalue weighted by Gasteiger charge is -2.23. The normalized spacial score (nSPS) is 36.8.